The highest BCUT2D eigenvalue weighted by atomic mass is 16.3. The molecule has 3 nitrogen and oxygen atoms in total. The molecule has 0 radical (unpaired) electrons. The van der Waals surface area contributed by atoms with Crippen molar-refractivity contribution < 1.29 is 5.11 Å². The van der Waals surface area contributed by atoms with Gasteiger partial charge in [0.15, 0.2) is 0 Å². The van der Waals surface area contributed by atoms with Crippen molar-refractivity contribution in [3.05, 3.63) is 0 Å². The first-order valence-corrected chi connectivity index (χ1v) is 7.39. The highest BCUT2D eigenvalue weighted by molar-refractivity contribution is 4.83. The molecule has 3 atom stereocenters. The van der Waals surface area contributed by atoms with E-state index in [0.29, 0.717) is 12.1 Å². The zero-order valence-electron chi connectivity index (χ0n) is 11.2. The van der Waals surface area contributed by atoms with E-state index >= 15 is 0 Å². The van der Waals surface area contributed by atoms with E-state index in [1.165, 1.54) is 45.1 Å². The molecule has 0 spiro atoms. The maximum absolute atomic E-state index is 10.1. The first kappa shape index (κ1) is 13.3. The lowest BCUT2D eigenvalue weighted by molar-refractivity contribution is 0.108. The van der Waals surface area contributed by atoms with Crippen LogP contribution in [0.25, 0.3) is 0 Å². The Hall–Kier alpha value is -0.120. The lowest BCUT2D eigenvalue weighted by Gasteiger charge is -2.34. The van der Waals surface area contributed by atoms with Crippen LogP contribution in [-0.4, -0.2) is 48.3 Å². The molecule has 3 unspecified atom stereocenters. The third-order valence-electron chi connectivity index (χ3n) is 4.52. The number of aliphatic hydroxyl groups is 1. The average molecular weight is 240 g/mol. The second-order valence-electron chi connectivity index (χ2n) is 5.85. The highest BCUT2D eigenvalue weighted by Crippen LogP contribution is 2.19. The van der Waals surface area contributed by atoms with Crippen LogP contribution in [0.1, 0.15) is 51.4 Å². The van der Waals surface area contributed by atoms with Gasteiger partial charge in [-0.1, -0.05) is 25.7 Å². The maximum atomic E-state index is 10.1. The molecule has 2 rings (SSSR count). The third-order valence-corrected chi connectivity index (χ3v) is 4.52. The number of likely N-dealkylation sites (N-methyl/N-ethyl adjacent to an activating group) is 1. The molecule has 0 bridgehead atoms. The summed E-state index contributed by atoms with van der Waals surface area (Å²) in [4.78, 5) is 2.47. The molecule has 2 N–H and O–H groups in total. The number of likely N-dealkylation sites (tertiary alicyclic amines) is 1. The number of nitrogens with zero attached hydrogens (tertiary/aromatic N) is 1. The van der Waals surface area contributed by atoms with Gasteiger partial charge in [-0.05, 0) is 39.3 Å². The molecular formula is C14H28N2O. The van der Waals surface area contributed by atoms with E-state index in [0.717, 1.165) is 19.4 Å². The molecule has 0 aromatic rings. The minimum absolute atomic E-state index is 0.119. The predicted molar refractivity (Wildman–Crippen MR) is 71.2 cm³/mol. The summed E-state index contributed by atoms with van der Waals surface area (Å²) in [7, 11) is 2.23. The molecule has 0 aromatic carbocycles. The molecule has 1 saturated carbocycles. The van der Waals surface area contributed by atoms with Gasteiger partial charge in [0.05, 0.1) is 6.10 Å². The van der Waals surface area contributed by atoms with E-state index in [1.54, 1.807) is 0 Å². The number of rotatable bonds is 3. The number of hydrogen-bond acceptors (Lipinski definition) is 3. The summed E-state index contributed by atoms with van der Waals surface area (Å²) in [5, 5.41) is 13.7. The van der Waals surface area contributed by atoms with Crippen LogP contribution in [0.5, 0.6) is 0 Å². The Balaban J connectivity index is 1.75. The SMILES string of the molecule is CN1CCCCC1CNC1CCCCCC1O. The van der Waals surface area contributed by atoms with Crippen molar-refractivity contribution in [3.8, 4) is 0 Å². The van der Waals surface area contributed by atoms with Gasteiger partial charge in [-0.3, -0.25) is 0 Å². The van der Waals surface area contributed by atoms with Gasteiger partial charge in [0.25, 0.3) is 0 Å². The van der Waals surface area contributed by atoms with Gasteiger partial charge < -0.3 is 15.3 Å². The van der Waals surface area contributed by atoms with Gasteiger partial charge in [0.2, 0.25) is 0 Å². The first-order chi connectivity index (χ1) is 8.27. The van der Waals surface area contributed by atoms with Crippen LogP contribution >= 0.6 is 0 Å². The molecular weight excluding hydrogens is 212 g/mol. The first-order valence-electron chi connectivity index (χ1n) is 7.39. The quantitative estimate of drug-likeness (QED) is 0.738. The van der Waals surface area contributed by atoms with E-state index in [9.17, 15) is 5.11 Å². The number of hydrogen-bond donors (Lipinski definition) is 2. The molecule has 17 heavy (non-hydrogen) atoms. The zero-order chi connectivity index (χ0) is 12.1. The molecule has 0 aromatic heterocycles. The molecule has 3 heteroatoms. The van der Waals surface area contributed by atoms with Crippen molar-refractivity contribution in [2.75, 3.05) is 20.1 Å². The Morgan fingerprint density at radius 1 is 1.06 bits per heavy atom. The summed E-state index contributed by atoms with van der Waals surface area (Å²) in [6.45, 7) is 2.29. The summed E-state index contributed by atoms with van der Waals surface area (Å²) >= 11 is 0. The van der Waals surface area contributed by atoms with Crippen molar-refractivity contribution in [2.45, 2.75) is 69.6 Å². The fourth-order valence-electron chi connectivity index (χ4n) is 3.22. The lowest BCUT2D eigenvalue weighted by Crippen LogP contribution is -2.48. The Kier molecular flexibility index (Phi) is 5.26. The van der Waals surface area contributed by atoms with Crippen molar-refractivity contribution >= 4 is 0 Å². The molecule has 2 fully saturated rings. The van der Waals surface area contributed by atoms with Gasteiger partial charge in [-0.15, -0.1) is 0 Å². The van der Waals surface area contributed by atoms with Gasteiger partial charge in [0.1, 0.15) is 0 Å². The number of nitrogens with one attached hydrogen (secondary N) is 1. The van der Waals surface area contributed by atoms with Crippen LogP contribution in [0, 0.1) is 0 Å². The summed E-state index contributed by atoms with van der Waals surface area (Å²) in [6.07, 6.45) is 9.80. The molecule has 1 saturated heterocycles. The van der Waals surface area contributed by atoms with Gasteiger partial charge in [0, 0.05) is 18.6 Å². The van der Waals surface area contributed by atoms with Crippen LogP contribution in [-0.2, 0) is 0 Å². The Labute approximate surface area is 106 Å². The van der Waals surface area contributed by atoms with E-state index in [4.69, 9.17) is 0 Å². The predicted octanol–water partition coefficient (Wildman–Crippen LogP) is 1.75. The van der Waals surface area contributed by atoms with E-state index < -0.39 is 0 Å². The lowest BCUT2D eigenvalue weighted by atomic mass is 10.0. The Morgan fingerprint density at radius 3 is 2.65 bits per heavy atom. The minimum atomic E-state index is -0.119. The molecule has 100 valence electrons. The van der Waals surface area contributed by atoms with Crippen molar-refractivity contribution in [2.24, 2.45) is 0 Å². The smallest absolute Gasteiger partial charge is 0.0693 e. The van der Waals surface area contributed by atoms with E-state index in [-0.39, 0.29) is 6.10 Å². The molecule has 1 aliphatic carbocycles. The second kappa shape index (κ2) is 6.72. The normalized spacial score (nSPS) is 36.7. The second-order valence-corrected chi connectivity index (χ2v) is 5.85. The molecule has 0 amide bonds. The zero-order valence-corrected chi connectivity index (χ0v) is 11.2. The van der Waals surface area contributed by atoms with E-state index in [1.807, 2.05) is 0 Å². The van der Waals surface area contributed by atoms with Crippen LogP contribution in [0.3, 0.4) is 0 Å². The molecule has 1 heterocycles. The largest absolute Gasteiger partial charge is 0.392 e. The fourth-order valence-corrected chi connectivity index (χ4v) is 3.22. The van der Waals surface area contributed by atoms with Crippen molar-refractivity contribution in [3.63, 3.8) is 0 Å². The minimum Gasteiger partial charge on any atom is -0.392 e. The Bertz CT molecular complexity index is 222. The number of piperidine rings is 1. The standard InChI is InChI=1S/C14H28N2O/c1-16-10-6-5-7-12(16)11-15-13-8-3-2-4-9-14(13)17/h12-15,17H,2-11H2,1H3. The summed E-state index contributed by atoms with van der Waals surface area (Å²) in [5.74, 6) is 0. The molecule has 2 aliphatic rings. The maximum Gasteiger partial charge on any atom is 0.0693 e. The fraction of sp³-hybridized carbons (Fsp3) is 1.00. The topological polar surface area (TPSA) is 35.5 Å². The van der Waals surface area contributed by atoms with Gasteiger partial charge >= 0.3 is 0 Å². The summed E-state index contributed by atoms with van der Waals surface area (Å²) in [5.41, 5.74) is 0. The van der Waals surface area contributed by atoms with Crippen LogP contribution in [0.15, 0.2) is 0 Å². The Morgan fingerprint density at radius 2 is 1.82 bits per heavy atom. The van der Waals surface area contributed by atoms with Gasteiger partial charge in [-0.25, -0.2) is 0 Å². The average Bonchev–Trinajstić information content (AvgIpc) is 2.53. The summed E-state index contributed by atoms with van der Waals surface area (Å²) in [6, 6.07) is 1.02. The van der Waals surface area contributed by atoms with E-state index in [2.05, 4.69) is 17.3 Å². The summed E-state index contributed by atoms with van der Waals surface area (Å²) < 4.78 is 0. The third kappa shape index (κ3) is 3.94. The highest BCUT2D eigenvalue weighted by Gasteiger charge is 2.24. The van der Waals surface area contributed by atoms with Crippen LogP contribution < -0.4 is 5.32 Å². The number of aliphatic hydroxyl groups excluding tert-OH is 1. The monoisotopic (exact) mass is 240 g/mol. The van der Waals surface area contributed by atoms with Crippen LogP contribution in [0.2, 0.25) is 0 Å². The van der Waals surface area contributed by atoms with Crippen LogP contribution in [0.4, 0.5) is 0 Å². The van der Waals surface area contributed by atoms with Crippen molar-refractivity contribution in [1.29, 1.82) is 0 Å². The van der Waals surface area contributed by atoms with Crippen molar-refractivity contribution in [1.82, 2.24) is 10.2 Å². The molecule has 1 aliphatic heterocycles. The van der Waals surface area contributed by atoms with Gasteiger partial charge in [-0.2, -0.15) is 0 Å².